The van der Waals surface area contributed by atoms with E-state index in [2.05, 4.69) is 6.07 Å². The molecule has 64 heavy (non-hydrogen) atoms. The van der Waals surface area contributed by atoms with Crippen LogP contribution in [0.15, 0.2) is 89.3 Å². The van der Waals surface area contributed by atoms with Crippen LogP contribution in [-0.4, -0.2) is 68.7 Å². The molecule has 0 bridgehead atoms. The Hall–Kier alpha value is -6.53. The second kappa shape index (κ2) is 19.1. The van der Waals surface area contributed by atoms with E-state index in [1.165, 1.54) is 6.07 Å². The SMILES string of the molecule is Cc1c(COc2cc(OCc3cccc(C#N)c3)c(CN3CCC[C@H]3C(=O)O)cc2Cl)cccc1-c1cccc(-c2nc3cc(CN4CCC[C@H]4C(=O)O)c(OC(F)F)cc3o2)c1C. The van der Waals surface area contributed by atoms with Gasteiger partial charge in [-0.05, 0) is 116 Å². The molecule has 6 aromatic rings. The standard InChI is InChI=1S/C49H45ClF2N4O8/c1-28-32(27-62-44-21-42(61-26-31-9-3-8-30(18-31)23-53)33(19-38(44)50)24-55-16-6-14-40(55)47(57)58)10-4-11-35(28)36-12-5-13-37(29(36)2)46-54-39-20-34(25-56-17-7-15-41(56)48(59)60)43(64-49(51)52)22-45(39)63-46/h3-5,8-13,18-22,40-41,49H,6-7,14-17,24-27H2,1-2H3,(H,57,58)(H,59,60)/t40-,41-/m0/s1. The number of oxazole rings is 1. The third-order valence-corrected chi connectivity index (χ3v) is 12.4. The number of hydrogen-bond donors (Lipinski definition) is 2. The lowest BCUT2D eigenvalue weighted by atomic mass is 9.91. The van der Waals surface area contributed by atoms with Gasteiger partial charge in [-0.1, -0.05) is 54.1 Å². The number of ether oxygens (including phenoxy) is 3. The number of benzene rings is 5. The maximum Gasteiger partial charge on any atom is 0.387 e. The number of nitrogens with zero attached hydrogens (tertiary/aromatic N) is 4. The number of carboxylic acids is 2. The second-order valence-corrected chi connectivity index (χ2v) is 16.5. The first kappa shape index (κ1) is 44.1. The summed E-state index contributed by atoms with van der Waals surface area (Å²) < 4.78 is 50.9. The molecule has 15 heteroatoms. The van der Waals surface area contributed by atoms with Crippen LogP contribution in [0.3, 0.4) is 0 Å². The molecule has 2 N–H and O–H groups in total. The van der Waals surface area contributed by atoms with Crippen LogP contribution in [0.1, 0.15) is 64.6 Å². The molecule has 0 saturated carbocycles. The van der Waals surface area contributed by atoms with Crippen LogP contribution in [-0.2, 0) is 35.9 Å². The Labute approximate surface area is 373 Å². The van der Waals surface area contributed by atoms with Crippen molar-refractivity contribution in [3.8, 4) is 45.9 Å². The lowest BCUT2D eigenvalue weighted by Gasteiger charge is -2.23. The molecule has 0 unspecified atom stereocenters. The van der Waals surface area contributed by atoms with Crippen molar-refractivity contribution >= 4 is 34.6 Å². The van der Waals surface area contributed by atoms with E-state index in [9.17, 15) is 33.8 Å². The maximum atomic E-state index is 13.6. The molecule has 2 fully saturated rings. The summed E-state index contributed by atoms with van der Waals surface area (Å²) in [6.45, 7) is 2.75. The van der Waals surface area contributed by atoms with Crippen molar-refractivity contribution in [1.29, 1.82) is 5.26 Å². The van der Waals surface area contributed by atoms with Gasteiger partial charge in [0.25, 0.3) is 0 Å². The lowest BCUT2D eigenvalue weighted by molar-refractivity contribution is -0.143. The van der Waals surface area contributed by atoms with Gasteiger partial charge in [0, 0.05) is 41.9 Å². The van der Waals surface area contributed by atoms with E-state index in [4.69, 9.17) is 35.2 Å². The average Bonchev–Trinajstić information content (AvgIpc) is 4.04. The summed E-state index contributed by atoms with van der Waals surface area (Å²) in [7, 11) is 0. The van der Waals surface area contributed by atoms with Gasteiger partial charge in [0.2, 0.25) is 5.89 Å². The van der Waals surface area contributed by atoms with Crippen LogP contribution in [0.5, 0.6) is 17.2 Å². The predicted molar refractivity (Wildman–Crippen MR) is 234 cm³/mol. The van der Waals surface area contributed by atoms with E-state index < -0.39 is 30.6 Å². The number of halogens is 3. The van der Waals surface area contributed by atoms with Crippen LogP contribution < -0.4 is 14.2 Å². The fourth-order valence-corrected chi connectivity index (χ4v) is 8.99. The zero-order valence-electron chi connectivity index (χ0n) is 35.2. The normalized spacial score (nSPS) is 16.6. The average molecular weight is 891 g/mol. The third-order valence-electron chi connectivity index (χ3n) is 12.1. The highest BCUT2D eigenvalue weighted by Gasteiger charge is 2.33. The topological polar surface area (TPSA) is 159 Å². The van der Waals surface area contributed by atoms with Crippen molar-refractivity contribution in [2.75, 3.05) is 13.1 Å². The molecule has 5 aromatic carbocycles. The van der Waals surface area contributed by atoms with Gasteiger partial charge in [-0.2, -0.15) is 14.0 Å². The highest BCUT2D eigenvalue weighted by molar-refractivity contribution is 6.32. The maximum absolute atomic E-state index is 13.6. The van der Waals surface area contributed by atoms with Crippen molar-refractivity contribution in [1.82, 2.24) is 14.8 Å². The van der Waals surface area contributed by atoms with Gasteiger partial charge in [0.05, 0.1) is 16.7 Å². The Morgan fingerprint density at radius 1 is 0.797 bits per heavy atom. The van der Waals surface area contributed by atoms with Crippen molar-refractivity contribution < 1.29 is 47.2 Å². The van der Waals surface area contributed by atoms with Gasteiger partial charge in [0.15, 0.2) is 5.58 Å². The minimum absolute atomic E-state index is 0.0967. The van der Waals surface area contributed by atoms with Gasteiger partial charge in [-0.3, -0.25) is 19.4 Å². The van der Waals surface area contributed by atoms with Gasteiger partial charge < -0.3 is 28.8 Å². The quantitative estimate of drug-likeness (QED) is 0.0949. The van der Waals surface area contributed by atoms with Crippen molar-refractivity contribution in [3.63, 3.8) is 0 Å². The number of nitriles is 1. The second-order valence-electron chi connectivity index (χ2n) is 16.1. The van der Waals surface area contributed by atoms with E-state index in [-0.39, 0.29) is 37.0 Å². The van der Waals surface area contributed by atoms with Crippen molar-refractivity contribution in [2.45, 2.75) is 84.5 Å². The van der Waals surface area contributed by atoms with Gasteiger partial charge in [0.1, 0.15) is 48.1 Å². The molecule has 0 aliphatic carbocycles. The summed E-state index contributed by atoms with van der Waals surface area (Å²) in [6.07, 6.45) is 2.48. The minimum atomic E-state index is -3.09. The molecule has 2 aliphatic heterocycles. The number of rotatable bonds is 16. The van der Waals surface area contributed by atoms with E-state index in [1.807, 2.05) is 61.2 Å². The molecule has 12 nitrogen and oxygen atoms in total. The molecule has 1 aromatic heterocycles. The molecule has 2 atom stereocenters. The zero-order chi connectivity index (χ0) is 45.1. The number of hydrogen-bond acceptors (Lipinski definition) is 10. The number of fused-ring (bicyclic) bond motifs is 1. The Kier molecular flexibility index (Phi) is 13.1. The number of likely N-dealkylation sites (tertiary alicyclic amines) is 2. The molecule has 0 radical (unpaired) electrons. The number of aliphatic carboxylic acids is 2. The fourth-order valence-electron chi connectivity index (χ4n) is 8.75. The predicted octanol–water partition coefficient (Wildman–Crippen LogP) is 10.2. The smallest absolute Gasteiger partial charge is 0.387 e. The van der Waals surface area contributed by atoms with E-state index in [0.29, 0.717) is 83.2 Å². The van der Waals surface area contributed by atoms with Gasteiger partial charge in [-0.25, -0.2) is 4.98 Å². The zero-order valence-corrected chi connectivity index (χ0v) is 35.9. The van der Waals surface area contributed by atoms with Crippen LogP contribution in [0, 0.1) is 25.2 Å². The number of carbonyl (C=O) groups is 2. The first-order valence-corrected chi connectivity index (χ1v) is 21.3. The van der Waals surface area contributed by atoms with Gasteiger partial charge in [-0.15, -0.1) is 0 Å². The third kappa shape index (κ3) is 9.52. The van der Waals surface area contributed by atoms with Crippen LogP contribution >= 0.6 is 11.6 Å². The molecule has 2 saturated heterocycles. The largest absolute Gasteiger partial charge is 0.488 e. The van der Waals surface area contributed by atoms with Crippen LogP contribution in [0.4, 0.5) is 8.78 Å². The van der Waals surface area contributed by atoms with E-state index >= 15 is 0 Å². The summed E-state index contributed by atoms with van der Waals surface area (Å²) in [6, 6.07) is 26.1. The van der Waals surface area contributed by atoms with E-state index in [1.54, 1.807) is 41.3 Å². The number of alkyl halides is 2. The van der Waals surface area contributed by atoms with Crippen LogP contribution in [0.2, 0.25) is 5.02 Å². The molecule has 330 valence electrons. The Balaban J connectivity index is 1.05. The summed E-state index contributed by atoms with van der Waals surface area (Å²) in [5.74, 6) is -0.767. The lowest BCUT2D eigenvalue weighted by Crippen LogP contribution is -2.35. The first-order valence-electron chi connectivity index (χ1n) is 20.9. The number of carboxylic acid groups (broad SMARTS) is 2. The highest BCUT2D eigenvalue weighted by atomic mass is 35.5. The van der Waals surface area contributed by atoms with Gasteiger partial charge >= 0.3 is 18.6 Å². The summed E-state index contributed by atoms with van der Waals surface area (Å²) in [5.41, 5.74) is 8.34. The monoisotopic (exact) mass is 890 g/mol. The molecule has 2 aliphatic rings. The highest BCUT2D eigenvalue weighted by Crippen LogP contribution is 2.39. The Morgan fingerprint density at radius 2 is 1.42 bits per heavy atom. The van der Waals surface area contributed by atoms with Crippen molar-refractivity contribution in [3.05, 3.63) is 129 Å². The molecule has 3 heterocycles. The molecule has 0 amide bonds. The van der Waals surface area contributed by atoms with E-state index in [0.717, 1.165) is 39.8 Å². The van der Waals surface area contributed by atoms with Crippen LogP contribution in [0.25, 0.3) is 33.7 Å². The minimum Gasteiger partial charge on any atom is -0.488 e. The molecular weight excluding hydrogens is 846 g/mol. The molecular formula is C49H45ClF2N4O8. The summed E-state index contributed by atoms with van der Waals surface area (Å²) in [5, 5.41) is 29.3. The first-order chi connectivity index (χ1) is 30.9. The summed E-state index contributed by atoms with van der Waals surface area (Å²) in [4.78, 5) is 32.3. The Morgan fingerprint density at radius 3 is 2.09 bits per heavy atom. The van der Waals surface area contributed by atoms with Crippen molar-refractivity contribution in [2.24, 2.45) is 0 Å². The molecule has 0 spiro atoms. The fraction of sp³-hybridized carbons (Fsp3) is 0.306. The Bertz CT molecular complexity index is 2770. The molecule has 8 rings (SSSR count). The summed E-state index contributed by atoms with van der Waals surface area (Å²) >= 11 is 6.87. The number of aromatic nitrogens is 1.